The summed E-state index contributed by atoms with van der Waals surface area (Å²) < 4.78 is 24.5. The van der Waals surface area contributed by atoms with Gasteiger partial charge in [-0.2, -0.15) is 0 Å². The first kappa shape index (κ1) is 24.8. The monoisotopic (exact) mass is 517 g/mol. The first-order chi connectivity index (χ1) is 17.3. The van der Waals surface area contributed by atoms with Crippen molar-refractivity contribution in [3.05, 3.63) is 53.1 Å². The summed E-state index contributed by atoms with van der Waals surface area (Å²) in [6.45, 7) is -0.446. The van der Waals surface area contributed by atoms with E-state index in [-0.39, 0.29) is 35.8 Å². The molecule has 2 aromatic rings. The molecule has 0 aliphatic heterocycles. The normalized spacial score (nSPS) is 26.8. The fourth-order valence-corrected chi connectivity index (χ4v) is 5.39. The minimum absolute atomic E-state index is 0.0224. The van der Waals surface area contributed by atoms with E-state index in [1.54, 1.807) is 6.20 Å². The lowest BCUT2D eigenvalue weighted by Gasteiger charge is -2.56. The number of amides is 2. The molecule has 0 saturated heterocycles. The Bertz CT molecular complexity index is 1130. The van der Waals surface area contributed by atoms with E-state index in [1.807, 2.05) is 12.1 Å². The smallest absolute Gasteiger partial charge is 0.258 e. The highest BCUT2D eigenvalue weighted by Gasteiger charge is 2.55. The molecule has 1 aromatic heterocycles. The second kappa shape index (κ2) is 9.86. The van der Waals surface area contributed by atoms with Gasteiger partial charge in [-0.15, -0.1) is 0 Å². The molecular weight excluding hydrogens is 489 g/mol. The number of aliphatic hydroxyl groups is 1. The summed E-state index contributed by atoms with van der Waals surface area (Å²) in [6, 6.07) is 7.73. The van der Waals surface area contributed by atoms with Crippen LogP contribution in [0.4, 0.5) is 4.39 Å². The molecule has 4 aliphatic carbocycles. The van der Waals surface area contributed by atoms with Crippen LogP contribution in [0.1, 0.15) is 56.6 Å². The Morgan fingerprint density at radius 3 is 2.31 bits per heavy atom. The van der Waals surface area contributed by atoms with Crippen molar-refractivity contribution in [2.45, 2.75) is 68.0 Å². The number of hydrogen-bond donors (Lipinski definition) is 3. The summed E-state index contributed by atoms with van der Waals surface area (Å²) in [5.41, 5.74) is -0.249. The molecule has 2 bridgehead atoms. The number of carbonyl (C=O) groups excluding carboxylic acids is 2. The second-order valence-electron chi connectivity index (χ2n) is 10.1. The lowest BCUT2D eigenvalue weighted by Crippen LogP contribution is -2.70. The maximum absolute atomic E-state index is 13.6. The van der Waals surface area contributed by atoms with Crippen LogP contribution in [0.15, 0.2) is 36.5 Å². The van der Waals surface area contributed by atoms with Crippen LogP contribution in [0, 0.1) is 5.82 Å². The molecule has 1 aromatic carbocycles. The molecule has 8 nitrogen and oxygen atoms in total. The van der Waals surface area contributed by atoms with Gasteiger partial charge in [0.05, 0.1) is 22.9 Å². The van der Waals surface area contributed by atoms with E-state index >= 15 is 0 Å². The predicted octanol–water partition coefficient (Wildman–Crippen LogP) is 3.26. The summed E-state index contributed by atoms with van der Waals surface area (Å²) in [5.74, 6) is 0.00880. The number of carbonyl (C=O) groups is 2. The average molecular weight is 518 g/mol. The second-order valence-corrected chi connectivity index (χ2v) is 10.5. The van der Waals surface area contributed by atoms with Crippen LogP contribution < -0.4 is 20.1 Å². The van der Waals surface area contributed by atoms with Gasteiger partial charge in [0, 0.05) is 23.2 Å². The number of fused-ring (bicyclic) bond motifs is 3. The zero-order valence-electron chi connectivity index (χ0n) is 19.8. The Balaban J connectivity index is 1.09. The SMILES string of the molecule is O=C(COc1ccc(Cl)c(F)c1)NC12CCC(NC(=O)COc3ccc(C4CC4)nc3)(CC1)[C@@H](O)C2. The molecule has 0 unspecified atom stereocenters. The van der Waals surface area contributed by atoms with Crippen LogP contribution in [-0.4, -0.2) is 52.3 Å². The topological polar surface area (TPSA) is 110 Å². The van der Waals surface area contributed by atoms with Gasteiger partial charge in [-0.1, -0.05) is 11.6 Å². The van der Waals surface area contributed by atoms with Gasteiger partial charge in [-0.25, -0.2) is 4.39 Å². The minimum atomic E-state index is -0.810. The predicted molar refractivity (Wildman–Crippen MR) is 129 cm³/mol. The van der Waals surface area contributed by atoms with Crippen LogP contribution >= 0.6 is 11.6 Å². The van der Waals surface area contributed by atoms with Gasteiger partial charge < -0.3 is 25.2 Å². The van der Waals surface area contributed by atoms with E-state index in [1.165, 1.54) is 25.0 Å². The van der Waals surface area contributed by atoms with Gasteiger partial charge in [0.2, 0.25) is 0 Å². The molecule has 0 radical (unpaired) electrons. The Morgan fingerprint density at radius 1 is 1.03 bits per heavy atom. The van der Waals surface area contributed by atoms with Gasteiger partial charge in [-0.3, -0.25) is 14.6 Å². The third-order valence-electron chi connectivity index (χ3n) is 7.50. The van der Waals surface area contributed by atoms with Crippen molar-refractivity contribution >= 4 is 23.4 Å². The first-order valence-corrected chi connectivity index (χ1v) is 12.6. The highest BCUT2D eigenvalue weighted by atomic mass is 35.5. The van der Waals surface area contributed by atoms with E-state index in [4.69, 9.17) is 21.1 Å². The summed E-state index contributed by atoms with van der Waals surface area (Å²) in [6.07, 6.45) is 5.77. The third-order valence-corrected chi connectivity index (χ3v) is 7.81. The summed E-state index contributed by atoms with van der Waals surface area (Å²) in [5, 5.41) is 16.9. The number of pyridine rings is 1. The van der Waals surface area contributed by atoms with Crippen molar-refractivity contribution in [2.75, 3.05) is 13.2 Å². The molecule has 4 fully saturated rings. The number of hydrogen-bond acceptors (Lipinski definition) is 6. The van der Waals surface area contributed by atoms with Crippen LogP contribution in [-0.2, 0) is 9.59 Å². The fraction of sp³-hybridized carbons (Fsp3) is 0.500. The highest BCUT2D eigenvalue weighted by molar-refractivity contribution is 6.30. The molecule has 1 heterocycles. The number of rotatable bonds is 9. The highest BCUT2D eigenvalue weighted by Crippen LogP contribution is 2.47. The summed E-state index contributed by atoms with van der Waals surface area (Å²) in [4.78, 5) is 29.6. The van der Waals surface area contributed by atoms with Crippen LogP contribution in [0.5, 0.6) is 11.5 Å². The Kier molecular flexibility index (Phi) is 6.78. The zero-order valence-corrected chi connectivity index (χ0v) is 20.5. The Labute approximate surface area is 213 Å². The van der Waals surface area contributed by atoms with Crippen LogP contribution in [0.25, 0.3) is 0 Å². The number of aliphatic hydroxyl groups excluding tert-OH is 1. The molecular formula is C26H29ClFN3O5. The number of aromatic nitrogens is 1. The van der Waals surface area contributed by atoms with Crippen molar-refractivity contribution in [2.24, 2.45) is 0 Å². The van der Waals surface area contributed by atoms with E-state index < -0.39 is 23.0 Å². The molecule has 1 atom stereocenters. The van der Waals surface area contributed by atoms with Gasteiger partial charge >= 0.3 is 0 Å². The molecule has 3 N–H and O–H groups in total. The molecule has 2 amide bonds. The third kappa shape index (κ3) is 5.42. The largest absolute Gasteiger partial charge is 0.484 e. The van der Waals surface area contributed by atoms with Crippen molar-refractivity contribution in [3.63, 3.8) is 0 Å². The number of ether oxygens (including phenoxy) is 2. The number of nitrogens with one attached hydrogen (secondary N) is 2. The summed E-state index contributed by atoms with van der Waals surface area (Å²) in [7, 11) is 0. The lowest BCUT2D eigenvalue weighted by molar-refractivity contribution is -0.137. The van der Waals surface area contributed by atoms with Crippen molar-refractivity contribution < 1.29 is 28.6 Å². The van der Waals surface area contributed by atoms with Gasteiger partial charge in [0.25, 0.3) is 11.8 Å². The van der Waals surface area contributed by atoms with E-state index in [2.05, 4.69) is 15.6 Å². The molecule has 4 aliphatic rings. The van der Waals surface area contributed by atoms with E-state index in [0.717, 1.165) is 11.8 Å². The Hall–Kier alpha value is -2.91. The van der Waals surface area contributed by atoms with Gasteiger partial charge in [-0.05, 0) is 69.2 Å². The van der Waals surface area contributed by atoms with E-state index in [9.17, 15) is 19.1 Å². The van der Waals surface area contributed by atoms with Crippen molar-refractivity contribution in [3.8, 4) is 11.5 Å². The molecule has 192 valence electrons. The fourth-order valence-electron chi connectivity index (χ4n) is 5.27. The number of nitrogens with zero attached hydrogens (tertiary/aromatic N) is 1. The molecule has 10 heteroatoms. The molecule has 6 rings (SSSR count). The lowest BCUT2D eigenvalue weighted by atomic mass is 9.60. The van der Waals surface area contributed by atoms with Crippen LogP contribution in [0.3, 0.4) is 0 Å². The van der Waals surface area contributed by atoms with Crippen LogP contribution in [0.2, 0.25) is 5.02 Å². The number of benzene rings is 1. The quantitative estimate of drug-likeness (QED) is 0.471. The maximum Gasteiger partial charge on any atom is 0.258 e. The number of halogens is 2. The van der Waals surface area contributed by atoms with Gasteiger partial charge in [0.1, 0.15) is 17.3 Å². The minimum Gasteiger partial charge on any atom is -0.484 e. The zero-order chi connectivity index (χ0) is 25.3. The molecule has 36 heavy (non-hydrogen) atoms. The molecule has 0 spiro atoms. The van der Waals surface area contributed by atoms with Gasteiger partial charge in [0.15, 0.2) is 13.2 Å². The standard InChI is InChI=1S/C26H29ClFN3O5/c27-19-5-3-17(11-20(19)28)35-14-23(33)30-25-7-9-26(10-8-25,22(32)12-25)31-24(34)15-36-18-4-6-21(29-13-18)16-1-2-16/h3-6,11,13,16,22,32H,1-2,7-10,12,14-15H2,(H,30,33)(H,31,34)/t22-,25?,26?/m0/s1. The van der Waals surface area contributed by atoms with Crippen molar-refractivity contribution in [1.82, 2.24) is 15.6 Å². The average Bonchev–Trinajstić information content (AvgIpc) is 3.71. The first-order valence-electron chi connectivity index (χ1n) is 12.2. The summed E-state index contributed by atoms with van der Waals surface area (Å²) >= 11 is 5.66. The Morgan fingerprint density at radius 2 is 1.69 bits per heavy atom. The van der Waals surface area contributed by atoms with E-state index in [0.29, 0.717) is 43.8 Å². The maximum atomic E-state index is 13.6. The molecule has 4 saturated carbocycles. The van der Waals surface area contributed by atoms with Crippen molar-refractivity contribution in [1.29, 1.82) is 0 Å².